The Morgan fingerprint density at radius 2 is 1.84 bits per heavy atom. The van der Waals surface area contributed by atoms with Crippen molar-refractivity contribution < 1.29 is 18.7 Å². The summed E-state index contributed by atoms with van der Waals surface area (Å²) in [7, 11) is 1.83. The summed E-state index contributed by atoms with van der Waals surface area (Å²) in [4.78, 5) is 19.5. The Labute approximate surface area is 181 Å². The summed E-state index contributed by atoms with van der Waals surface area (Å²) >= 11 is 0. The van der Waals surface area contributed by atoms with Gasteiger partial charge < -0.3 is 9.47 Å². The van der Waals surface area contributed by atoms with Crippen LogP contribution in [0.3, 0.4) is 0 Å². The van der Waals surface area contributed by atoms with E-state index in [1.807, 2.05) is 36.7 Å². The third-order valence-corrected chi connectivity index (χ3v) is 5.78. The first kappa shape index (κ1) is 21.2. The van der Waals surface area contributed by atoms with Gasteiger partial charge >= 0.3 is 0 Å². The number of aryl methyl sites for hydroxylation is 1. The largest absolute Gasteiger partial charge is 0.490 e. The van der Waals surface area contributed by atoms with Gasteiger partial charge in [-0.25, -0.2) is 9.37 Å². The van der Waals surface area contributed by atoms with Crippen LogP contribution in [0, 0.1) is 18.7 Å². The summed E-state index contributed by atoms with van der Waals surface area (Å²) in [5.41, 5.74) is 1.45. The SMILES string of the molecule is Cc1nc2c(OCCOc3ccc(F)cc3)cccn2c1N(C)C(=O)C1CCCCC1. The van der Waals surface area contributed by atoms with Crippen molar-refractivity contribution in [3.05, 3.63) is 54.1 Å². The van der Waals surface area contributed by atoms with Crippen LogP contribution in [-0.2, 0) is 4.79 Å². The standard InChI is InChI=1S/C24H28FN3O3/c1-17-23(27(2)24(29)18-7-4-3-5-8-18)28-14-6-9-21(22(28)26-17)31-16-15-30-20-12-10-19(25)11-13-20/h6,9-14,18H,3-5,7-8,15-16H2,1-2H3. The Balaban J connectivity index is 1.46. The van der Waals surface area contributed by atoms with Gasteiger partial charge in [-0.1, -0.05) is 19.3 Å². The van der Waals surface area contributed by atoms with Gasteiger partial charge in [-0.3, -0.25) is 14.1 Å². The van der Waals surface area contributed by atoms with E-state index in [9.17, 15) is 9.18 Å². The number of hydrogen-bond donors (Lipinski definition) is 0. The lowest BCUT2D eigenvalue weighted by atomic mass is 9.88. The number of carbonyl (C=O) groups excluding carboxylic acids is 1. The van der Waals surface area contributed by atoms with Crippen molar-refractivity contribution in [2.45, 2.75) is 39.0 Å². The number of halogens is 1. The van der Waals surface area contributed by atoms with Crippen LogP contribution in [0.2, 0.25) is 0 Å². The summed E-state index contributed by atoms with van der Waals surface area (Å²) in [6.07, 6.45) is 7.27. The molecule has 6 nitrogen and oxygen atoms in total. The zero-order valence-corrected chi connectivity index (χ0v) is 18.0. The molecule has 164 valence electrons. The second-order valence-corrected chi connectivity index (χ2v) is 7.97. The molecule has 1 saturated carbocycles. The maximum Gasteiger partial charge on any atom is 0.231 e. The predicted molar refractivity (Wildman–Crippen MR) is 117 cm³/mol. The highest BCUT2D eigenvalue weighted by Gasteiger charge is 2.27. The molecule has 0 spiro atoms. The fourth-order valence-electron chi connectivity index (χ4n) is 4.23. The molecule has 0 atom stereocenters. The minimum Gasteiger partial charge on any atom is -0.490 e. The lowest BCUT2D eigenvalue weighted by Gasteiger charge is -2.26. The Morgan fingerprint density at radius 3 is 2.58 bits per heavy atom. The average molecular weight is 426 g/mol. The van der Waals surface area contributed by atoms with Crippen molar-refractivity contribution in [3.63, 3.8) is 0 Å². The monoisotopic (exact) mass is 425 g/mol. The maximum atomic E-state index is 13.1. The third kappa shape index (κ3) is 4.65. The minimum absolute atomic E-state index is 0.0896. The van der Waals surface area contributed by atoms with E-state index >= 15 is 0 Å². The molecule has 1 aliphatic rings. The molecule has 0 radical (unpaired) electrons. The third-order valence-electron chi connectivity index (χ3n) is 5.78. The van der Waals surface area contributed by atoms with Crippen LogP contribution in [0.4, 0.5) is 10.2 Å². The molecule has 7 heteroatoms. The highest BCUT2D eigenvalue weighted by Crippen LogP contribution is 2.31. The lowest BCUT2D eigenvalue weighted by molar-refractivity contribution is -0.123. The number of anilines is 1. The first-order chi connectivity index (χ1) is 15.0. The van der Waals surface area contributed by atoms with Gasteiger partial charge in [0.15, 0.2) is 11.4 Å². The first-order valence-electron chi connectivity index (χ1n) is 10.8. The van der Waals surface area contributed by atoms with Gasteiger partial charge in [-0.05, 0) is 56.2 Å². The molecule has 0 bridgehead atoms. The number of pyridine rings is 1. The molecule has 1 amide bonds. The molecule has 1 aromatic carbocycles. The number of benzene rings is 1. The molecule has 0 N–H and O–H groups in total. The van der Waals surface area contributed by atoms with Crippen LogP contribution in [0.25, 0.3) is 5.65 Å². The zero-order valence-electron chi connectivity index (χ0n) is 18.0. The van der Waals surface area contributed by atoms with Gasteiger partial charge in [0.25, 0.3) is 0 Å². The number of amides is 1. The fourth-order valence-corrected chi connectivity index (χ4v) is 4.23. The summed E-state index contributed by atoms with van der Waals surface area (Å²) in [6, 6.07) is 9.62. The summed E-state index contributed by atoms with van der Waals surface area (Å²) < 4.78 is 26.4. The van der Waals surface area contributed by atoms with E-state index in [2.05, 4.69) is 4.98 Å². The zero-order chi connectivity index (χ0) is 21.8. The summed E-state index contributed by atoms with van der Waals surface area (Å²) in [6.45, 7) is 2.54. The number of rotatable bonds is 7. The smallest absolute Gasteiger partial charge is 0.231 e. The number of ether oxygens (including phenoxy) is 2. The molecule has 2 heterocycles. The average Bonchev–Trinajstić information content (AvgIpc) is 3.14. The molecule has 1 fully saturated rings. The van der Waals surface area contributed by atoms with Crippen molar-refractivity contribution in [1.29, 1.82) is 0 Å². The van der Waals surface area contributed by atoms with Gasteiger partial charge in [0, 0.05) is 19.2 Å². The predicted octanol–water partition coefficient (Wildman–Crippen LogP) is 4.78. The number of fused-ring (bicyclic) bond motifs is 1. The van der Waals surface area contributed by atoms with Crippen LogP contribution in [0.5, 0.6) is 11.5 Å². The van der Waals surface area contributed by atoms with E-state index in [1.54, 1.807) is 17.0 Å². The van der Waals surface area contributed by atoms with Gasteiger partial charge in [0.05, 0.1) is 5.69 Å². The molecule has 2 aromatic heterocycles. The van der Waals surface area contributed by atoms with Crippen molar-refractivity contribution >= 4 is 17.4 Å². The van der Waals surface area contributed by atoms with Gasteiger partial charge in [-0.2, -0.15) is 0 Å². The van der Waals surface area contributed by atoms with E-state index in [0.717, 1.165) is 37.2 Å². The Kier molecular flexibility index (Phi) is 6.39. The fraction of sp³-hybridized carbons (Fsp3) is 0.417. The number of aromatic nitrogens is 2. The van der Waals surface area contributed by atoms with Crippen molar-refractivity contribution in [3.8, 4) is 11.5 Å². The van der Waals surface area contributed by atoms with Crippen LogP contribution in [-0.4, -0.2) is 35.6 Å². The molecule has 0 unspecified atom stereocenters. The van der Waals surface area contributed by atoms with Crippen LogP contribution < -0.4 is 14.4 Å². The molecule has 0 saturated heterocycles. The van der Waals surface area contributed by atoms with Gasteiger partial charge in [-0.15, -0.1) is 0 Å². The molecule has 31 heavy (non-hydrogen) atoms. The molecule has 0 aliphatic heterocycles. The quantitative estimate of drug-likeness (QED) is 0.511. The van der Waals surface area contributed by atoms with Crippen LogP contribution >= 0.6 is 0 Å². The van der Waals surface area contributed by atoms with E-state index < -0.39 is 0 Å². The minimum atomic E-state index is -0.298. The first-order valence-corrected chi connectivity index (χ1v) is 10.8. The van der Waals surface area contributed by atoms with Crippen molar-refractivity contribution in [2.75, 3.05) is 25.2 Å². The van der Waals surface area contributed by atoms with Crippen LogP contribution in [0.1, 0.15) is 37.8 Å². The van der Waals surface area contributed by atoms with Crippen molar-refractivity contribution in [2.24, 2.45) is 5.92 Å². The lowest BCUT2D eigenvalue weighted by Crippen LogP contribution is -2.35. The van der Waals surface area contributed by atoms with E-state index in [1.165, 1.54) is 18.6 Å². The molecule has 3 aromatic rings. The highest BCUT2D eigenvalue weighted by atomic mass is 19.1. The molecule has 1 aliphatic carbocycles. The normalized spacial score (nSPS) is 14.5. The van der Waals surface area contributed by atoms with Gasteiger partial charge in [0.2, 0.25) is 5.91 Å². The van der Waals surface area contributed by atoms with E-state index in [-0.39, 0.29) is 17.6 Å². The number of nitrogens with zero attached hydrogens (tertiary/aromatic N) is 3. The second-order valence-electron chi connectivity index (χ2n) is 7.97. The van der Waals surface area contributed by atoms with E-state index in [0.29, 0.717) is 30.4 Å². The highest BCUT2D eigenvalue weighted by molar-refractivity contribution is 5.95. The number of imidazole rings is 1. The maximum absolute atomic E-state index is 13.1. The Morgan fingerprint density at radius 1 is 1.13 bits per heavy atom. The second kappa shape index (κ2) is 9.37. The molecular weight excluding hydrogens is 397 g/mol. The van der Waals surface area contributed by atoms with Crippen LogP contribution in [0.15, 0.2) is 42.6 Å². The Bertz CT molecular complexity index is 1040. The molecular formula is C24H28FN3O3. The van der Waals surface area contributed by atoms with Crippen molar-refractivity contribution in [1.82, 2.24) is 9.38 Å². The Hall–Kier alpha value is -3.09. The van der Waals surface area contributed by atoms with Gasteiger partial charge in [0.1, 0.15) is 30.6 Å². The summed E-state index contributed by atoms with van der Waals surface area (Å²) in [5.74, 6) is 1.93. The summed E-state index contributed by atoms with van der Waals surface area (Å²) in [5, 5.41) is 0. The van der Waals surface area contributed by atoms with E-state index in [4.69, 9.17) is 9.47 Å². The molecule has 4 rings (SSSR count). The topological polar surface area (TPSA) is 56.1 Å². The number of carbonyl (C=O) groups is 1. The number of hydrogen-bond acceptors (Lipinski definition) is 4.